The highest BCUT2D eigenvalue weighted by molar-refractivity contribution is 6.17. The monoisotopic (exact) mass is 205 g/mol. The molecule has 0 rings (SSSR count). The molecule has 2 atom stereocenters. The number of hydrogen-bond acceptors (Lipinski definition) is 1. The predicted molar refractivity (Wildman–Crippen MR) is 61.5 cm³/mol. The van der Waals surface area contributed by atoms with E-state index < -0.39 is 0 Å². The molecular formula is C11H24ClN. The highest BCUT2D eigenvalue weighted by Crippen LogP contribution is 2.04. The van der Waals surface area contributed by atoms with Crippen molar-refractivity contribution < 1.29 is 0 Å². The van der Waals surface area contributed by atoms with E-state index in [4.69, 9.17) is 11.6 Å². The quantitative estimate of drug-likeness (QED) is 0.599. The fourth-order valence-corrected chi connectivity index (χ4v) is 1.64. The molecule has 1 N–H and O–H groups in total. The Balaban J connectivity index is 3.29. The lowest BCUT2D eigenvalue weighted by Gasteiger charge is -2.16. The van der Waals surface area contributed by atoms with Gasteiger partial charge in [0, 0.05) is 11.9 Å². The van der Waals surface area contributed by atoms with Crippen LogP contribution in [0.15, 0.2) is 0 Å². The van der Waals surface area contributed by atoms with Crippen LogP contribution in [0, 0.1) is 5.92 Å². The van der Waals surface area contributed by atoms with Gasteiger partial charge in [-0.2, -0.15) is 0 Å². The minimum atomic E-state index is 0.623. The van der Waals surface area contributed by atoms with Crippen molar-refractivity contribution in [3.8, 4) is 0 Å². The lowest BCUT2D eigenvalue weighted by atomic mass is 10.1. The number of rotatable bonds is 8. The van der Waals surface area contributed by atoms with E-state index in [-0.39, 0.29) is 0 Å². The van der Waals surface area contributed by atoms with Gasteiger partial charge in [-0.25, -0.2) is 0 Å². The Kier molecular flexibility index (Phi) is 9.00. The molecule has 0 radical (unpaired) electrons. The van der Waals surface area contributed by atoms with Crippen LogP contribution in [-0.4, -0.2) is 18.5 Å². The summed E-state index contributed by atoms with van der Waals surface area (Å²) in [6, 6.07) is 0.623. The third-order valence-electron chi connectivity index (χ3n) is 2.37. The van der Waals surface area contributed by atoms with E-state index in [1.165, 1.54) is 19.3 Å². The van der Waals surface area contributed by atoms with Crippen LogP contribution in [0.4, 0.5) is 0 Å². The molecule has 0 aromatic heterocycles. The molecular weight excluding hydrogens is 182 g/mol. The van der Waals surface area contributed by atoms with Gasteiger partial charge in [0.05, 0.1) is 0 Å². The van der Waals surface area contributed by atoms with E-state index in [2.05, 4.69) is 26.1 Å². The molecule has 1 nitrogen and oxygen atoms in total. The third-order valence-corrected chi connectivity index (χ3v) is 2.63. The maximum absolute atomic E-state index is 5.63. The van der Waals surface area contributed by atoms with Gasteiger partial charge in [-0.1, -0.05) is 20.3 Å². The molecule has 0 saturated heterocycles. The molecule has 0 fully saturated rings. The second-order valence-corrected chi connectivity index (χ2v) is 4.41. The summed E-state index contributed by atoms with van der Waals surface area (Å²) in [5, 5.41) is 3.54. The van der Waals surface area contributed by atoms with Crippen LogP contribution in [0.25, 0.3) is 0 Å². The molecule has 0 aromatic carbocycles. The van der Waals surface area contributed by atoms with E-state index in [0.29, 0.717) is 6.04 Å². The maximum Gasteiger partial charge on any atom is 0.0224 e. The van der Waals surface area contributed by atoms with Crippen LogP contribution in [0.5, 0.6) is 0 Å². The Labute approximate surface area is 88.2 Å². The second-order valence-electron chi connectivity index (χ2n) is 4.03. The van der Waals surface area contributed by atoms with Crippen molar-refractivity contribution in [2.45, 2.75) is 52.5 Å². The number of halogens is 1. The predicted octanol–water partition coefficient (Wildman–Crippen LogP) is 3.42. The number of hydrogen-bond donors (Lipinski definition) is 1. The Morgan fingerprint density at radius 1 is 1.23 bits per heavy atom. The van der Waals surface area contributed by atoms with Crippen molar-refractivity contribution in [2.24, 2.45) is 5.92 Å². The Morgan fingerprint density at radius 3 is 2.46 bits per heavy atom. The summed E-state index contributed by atoms with van der Waals surface area (Å²) < 4.78 is 0. The lowest BCUT2D eigenvalue weighted by Crippen LogP contribution is -2.30. The third kappa shape index (κ3) is 8.58. The lowest BCUT2D eigenvalue weighted by molar-refractivity contribution is 0.424. The minimum absolute atomic E-state index is 0.623. The zero-order valence-corrected chi connectivity index (χ0v) is 10.0. The van der Waals surface area contributed by atoms with Crippen LogP contribution in [0.1, 0.15) is 46.5 Å². The van der Waals surface area contributed by atoms with E-state index in [1.54, 1.807) is 0 Å². The Hall–Kier alpha value is 0.250. The summed E-state index contributed by atoms with van der Waals surface area (Å²) in [5.41, 5.74) is 0. The summed E-state index contributed by atoms with van der Waals surface area (Å²) in [7, 11) is 0. The van der Waals surface area contributed by atoms with Crippen molar-refractivity contribution in [1.82, 2.24) is 5.32 Å². The fraction of sp³-hybridized carbons (Fsp3) is 1.00. The van der Waals surface area contributed by atoms with E-state index in [9.17, 15) is 0 Å². The molecule has 0 bridgehead atoms. The van der Waals surface area contributed by atoms with Crippen LogP contribution < -0.4 is 5.32 Å². The SMILES string of the molecule is CCCC(C)CNC(C)CCCCl. The smallest absolute Gasteiger partial charge is 0.0224 e. The number of nitrogens with one attached hydrogen (secondary N) is 1. The molecule has 0 aliphatic heterocycles. The molecule has 0 aliphatic carbocycles. The van der Waals surface area contributed by atoms with E-state index in [1.807, 2.05) is 0 Å². The fourth-order valence-electron chi connectivity index (χ4n) is 1.48. The molecule has 2 unspecified atom stereocenters. The highest BCUT2D eigenvalue weighted by Gasteiger charge is 2.04. The van der Waals surface area contributed by atoms with Gasteiger partial charge in [0.15, 0.2) is 0 Å². The average molecular weight is 206 g/mol. The standard InChI is InChI=1S/C11H24ClN/c1-4-6-10(2)9-13-11(3)7-5-8-12/h10-11,13H,4-9H2,1-3H3. The van der Waals surface area contributed by atoms with Gasteiger partial charge in [-0.05, 0) is 38.6 Å². The molecule has 0 heterocycles. The first-order valence-electron chi connectivity index (χ1n) is 5.50. The summed E-state index contributed by atoms with van der Waals surface area (Å²) >= 11 is 5.63. The second kappa shape index (κ2) is 8.83. The van der Waals surface area contributed by atoms with Crippen molar-refractivity contribution in [3.05, 3.63) is 0 Å². The zero-order chi connectivity index (χ0) is 10.1. The Morgan fingerprint density at radius 2 is 1.92 bits per heavy atom. The highest BCUT2D eigenvalue weighted by atomic mass is 35.5. The summed E-state index contributed by atoms with van der Waals surface area (Å²) in [5.74, 6) is 1.60. The molecule has 80 valence electrons. The largest absolute Gasteiger partial charge is 0.314 e. The summed E-state index contributed by atoms with van der Waals surface area (Å²) in [6.07, 6.45) is 4.94. The first-order chi connectivity index (χ1) is 6.20. The van der Waals surface area contributed by atoms with Gasteiger partial charge in [0.1, 0.15) is 0 Å². The van der Waals surface area contributed by atoms with Crippen LogP contribution >= 0.6 is 11.6 Å². The van der Waals surface area contributed by atoms with Crippen molar-refractivity contribution in [3.63, 3.8) is 0 Å². The van der Waals surface area contributed by atoms with E-state index in [0.717, 1.165) is 24.8 Å². The minimum Gasteiger partial charge on any atom is -0.314 e. The van der Waals surface area contributed by atoms with Crippen LogP contribution in [0.2, 0.25) is 0 Å². The van der Waals surface area contributed by atoms with Crippen LogP contribution in [0.3, 0.4) is 0 Å². The van der Waals surface area contributed by atoms with Crippen molar-refractivity contribution >= 4 is 11.6 Å². The molecule has 13 heavy (non-hydrogen) atoms. The molecule has 2 heteroatoms. The van der Waals surface area contributed by atoms with Gasteiger partial charge in [0.25, 0.3) is 0 Å². The van der Waals surface area contributed by atoms with Crippen molar-refractivity contribution in [1.29, 1.82) is 0 Å². The molecule has 0 saturated carbocycles. The maximum atomic E-state index is 5.63. The molecule has 0 amide bonds. The average Bonchev–Trinajstić information content (AvgIpc) is 2.12. The zero-order valence-electron chi connectivity index (χ0n) is 9.28. The topological polar surface area (TPSA) is 12.0 Å². The first kappa shape index (κ1) is 13.2. The van der Waals surface area contributed by atoms with E-state index >= 15 is 0 Å². The van der Waals surface area contributed by atoms with Gasteiger partial charge >= 0.3 is 0 Å². The Bertz CT molecular complexity index is 106. The normalized spacial score (nSPS) is 15.7. The summed E-state index contributed by atoms with van der Waals surface area (Å²) in [4.78, 5) is 0. The van der Waals surface area contributed by atoms with Gasteiger partial charge in [0.2, 0.25) is 0 Å². The number of alkyl halides is 1. The van der Waals surface area contributed by atoms with Gasteiger partial charge in [-0.3, -0.25) is 0 Å². The van der Waals surface area contributed by atoms with Crippen molar-refractivity contribution in [2.75, 3.05) is 12.4 Å². The van der Waals surface area contributed by atoms with Gasteiger partial charge in [-0.15, -0.1) is 11.6 Å². The van der Waals surface area contributed by atoms with Gasteiger partial charge < -0.3 is 5.32 Å². The first-order valence-corrected chi connectivity index (χ1v) is 6.03. The molecule has 0 spiro atoms. The molecule has 0 aliphatic rings. The molecule has 0 aromatic rings. The summed E-state index contributed by atoms with van der Waals surface area (Å²) in [6.45, 7) is 7.95. The van der Waals surface area contributed by atoms with Crippen LogP contribution in [-0.2, 0) is 0 Å².